The lowest BCUT2D eigenvalue weighted by Gasteiger charge is -2.37. The van der Waals surface area contributed by atoms with Gasteiger partial charge in [-0.05, 0) is 37.8 Å². The highest BCUT2D eigenvalue weighted by Gasteiger charge is 2.35. The van der Waals surface area contributed by atoms with E-state index in [1.807, 2.05) is 15.9 Å². The minimum absolute atomic E-state index is 0.220. The maximum absolute atomic E-state index is 12.9. The highest BCUT2D eigenvalue weighted by molar-refractivity contribution is 7.18. The van der Waals surface area contributed by atoms with Crippen LogP contribution in [0.15, 0.2) is 24.3 Å². The molecule has 0 N–H and O–H groups in total. The van der Waals surface area contributed by atoms with E-state index in [0.29, 0.717) is 18.4 Å². The van der Waals surface area contributed by atoms with Gasteiger partial charge in [0.1, 0.15) is 0 Å². The Labute approximate surface area is 175 Å². The molecule has 154 valence electrons. The summed E-state index contributed by atoms with van der Waals surface area (Å²) in [6.07, 6.45) is 4.26. The predicted molar refractivity (Wildman–Crippen MR) is 114 cm³/mol. The fourth-order valence-electron chi connectivity index (χ4n) is 4.48. The van der Waals surface area contributed by atoms with Crippen molar-refractivity contribution < 1.29 is 9.59 Å². The van der Waals surface area contributed by atoms with Crippen LogP contribution >= 0.6 is 11.3 Å². The standard InChI is InChI=1S/C22H28N4O2S/c27-20(15-24-10-12-25(13-11-24)22(28)16-7-8-16)26-9-3-4-17(14-26)21-23-18-5-1-2-6-19(18)29-21/h1-2,5-6,16-17H,3-4,7-15H2/t17-/m1/s1. The molecule has 0 spiro atoms. The quantitative estimate of drug-likeness (QED) is 0.775. The van der Waals surface area contributed by atoms with Gasteiger partial charge in [0.15, 0.2) is 0 Å². The summed E-state index contributed by atoms with van der Waals surface area (Å²) in [5, 5.41) is 1.16. The number of piperidine rings is 1. The van der Waals surface area contributed by atoms with Crippen molar-refractivity contribution in [2.75, 3.05) is 45.8 Å². The monoisotopic (exact) mass is 412 g/mol. The van der Waals surface area contributed by atoms with Crippen LogP contribution in [0.3, 0.4) is 0 Å². The largest absolute Gasteiger partial charge is 0.341 e. The van der Waals surface area contributed by atoms with Gasteiger partial charge in [0.25, 0.3) is 0 Å². The third-order valence-corrected chi connectivity index (χ3v) is 7.60. The van der Waals surface area contributed by atoms with Gasteiger partial charge in [-0.15, -0.1) is 11.3 Å². The molecule has 3 fully saturated rings. The number of thiazole rings is 1. The van der Waals surface area contributed by atoms with Gasteiger partial charge in [-0.25, -0.2) is 4.98 Å². The Morgan fingerprint density at radius 1 is 1.00 bits per heavy atom. The van der Waals surface area contributed by atoms with Crippen LogP contribution in [0.5, 0.6) is 0 Å². The summed E-state index contributed by atoms with van der Waals surface area (Å²) in [6.45, 7) is 5.23. The zero-order chi connectivity index (χ0) is 19.8. The lowest BCUT2D eigenvalue weighted by Crippen LogP contribution is -2.52. The smallest absolute Gasteiger partial charge is 0.236 e. The van der Waals surface area contributed by atoms with Gasteiger partial charge in [0.05, 0.1) is 21.8 Å². The van der Waals surface area contributed by atoms with Crippen molar-refractivity contribution in [3.8, 4) is 0 Å². The fourth-order valence-corrected chi connectivity index (χ4v) is 5.57. The van der Waals surface area contributed by atoms with Crippen LogP contribution in [0.1, 0.15) is 36.6 Å². The Morgan fingerprint density at radius 3 is 2.55 bits per heavy atom. The number of para-hydroxylation sites is 1. The molecule has 6 nitrogen and oxygen atoms in total. The summed E-state index contributed by atoms with van der Waals surface area (Å²) in [5.41, 5.74) is 1.06. The van der Waals surface area contributed by atoms with E-state index in [0.717, 1.165) is 75.5 Å². The number of hydrogen-bond acceptors (Lipinski definition) is 5. The number of fused-ring (bicyclic) bond motifs is 1. The zero-order valence-electron chi connectivity index (χ0n) is 16.8. The average Bonchev–Trinajstić information content (AvgIpc) is 3.52. The highest BCUT2D eigenvalue weighted by atomic mass is 32.1. The third-order valence-electron chi connectivity index (χ3n) is 6.40. The summed E-state index contributed by atoms with van der Waals surface area (Å²) in [5.74, 6) is 1.18. The van der Waals surface area contributed by atoms with Crippen LogP contribution < -0.4 is 0 Å². The Hall–Kier alpha value is -1.99. The Morgan fingerprint density at radius 2 is 1.79 bits per heavy atom. The van der Waals surface area contributed by atoms with Crippen LogP contribution in [0, 0.1) is 5.92 Å². The molecule has 3 aliphatic rings. The third kappa shape index (κ3) is 4.16. The molecule has 7 heteroatoms. The first kappa shape index (κ1) is 19.0. The summed E-state index contributed by atoms with van der Waals surface area (Å²) >= 11 is 1.77. The van der Waals surface area contributed by atoms with Crippen LogP contribution in [0.2, 0.25) is 0 Å². The van der Waals surface area contributed by atoms with Gasteiger partial charge in [-0.1, -0.05) is 12.1 Å². The summed E-state index contributed by atoms with van der Waals surface area (Å²) in [7, 11) is 0. The average molecular weight is 413 g/mol. The minimum atomic E-state index is 0.220. The Bertz CT molecular complexity index is 868. The van der Waals surface area contributed by atoms with E-state index in [1.54, 1.807) is 11.3 Å². The van der Waals surface area contributed by atoms with Crippen LogP contribution in [0.4, 0.5) is 0 Å². The van der Waals surface area contributed by atoms with Gasteiger partial charge < -0.3 is 9.80 Å². The molecule has 2 amide bonds. The van der Waals surface area contributed by atoms with Crippen molar-refractivity contribution in [3.63, 3.8) is 0 Å². The molecule has 0 bridgehead atoms. The molecule has 1 aliphatic carbocycles. The van der Waals surface area contributed by atoms with Crippen molar-refractivity contribution in [1.29, 1.82) is 0 Å². The predicted octanol–water partition coefficient (Wildman–Crippen LogP) is 2.56. The highest BCUT2D eigenvalue weighted by Crippen LogP contribution is 2.33. The van der Waals surface area contributed by atoms with E-state index < -0.39 is 0 Å². The molecule has 1 atom stereocenters. The number of likely N-dealkylation sites (tertiary alicyclic amines) is 1. The second kappa shape index (κ2) is 8.03. The first-order valence-electron chi connectivity index (χ1n) is 10.8. The van der Waals surface area contributed by atoms with E-state index in [1.165, 1.54) is 4.70 Å². The molecule has 1 aromatic carbocycles. The van der Waals surface area contributed by atoms with Crippen LogP contribution in [-0.2, 0) is 9.59 Å². The number of hydrogen-bond donors (Lipinski definition) is 0. The second-order valence-electron chi connectivity index (χ2n) is 8.57. The minimum Gasteiger partial charge on any atom is -0.341 e. The van der Waals surface area contributed by atoms with Crippen molar-refractivity contribution >= 4 is 33.4 Å². The Kier molecular flexibility index (Phi) is 5.26. The SMILES string of the molecule is O=C(CN1CCN(C(=O)C2CC2)CC1)N1CCC[C@@H](c2nc3ccccc3s2)C1. The molecule has 1 saturated carbocycles. The van der Waals surface area contributed by atoms with Crippen LogP contribution in [0.25, 0.3) is 10.2 Å². The Balaban J connectivity index is 1.15. The number of carbonyl (C=O) groups is 2. The van der Waals surface area contributed by atoms with Gasteiger partial charge in [0, 0.05) is 51.1 Å². The van der Waals surface area contributed by atoms with E-state index >= 15 is 0 Å². The molecular formula is C22H28N4O2S. The van der Waals surface area contributed by atoms with Crippen molar-refractivity contribution in [2.45, 2.75) is 31.6 Å². The first-order valence-corrected chi connectivity index (χ1v) is 11.6. The number of amides is 2. The maximum atomic E-state index is 12.9. The molecule has 2 aromatic rings. The zero-order valence-corrected chi connectivity index (χ0v) is 17.6. The molecule has 5 rings (SSSR count). The molecule has 2 aliphatic heterocycles. The van der Waals surface area contributed by atoms with Crippen molar-refractivity contribution in [1.82, 2.24) is 19.7 Å². The van der Waals surface area contributed by atoms with E-state index in [2.05, 4.69) is 23.1 Å². The van der Waals surface area contributed by atoms with E-state index in [9.17, 15) is 9.59 Å². The molecule has 3 heterocycles. The number of piperazine rings is 1. The van der Waals surface area contributed by atoms with E-state index in [-0.39, 0.29) is 11.8 Å². The molecule has 1 aromatic heterocycles. The number of rotatable bonds is 4. The van der Waals surface area contributed by atoms with Crippen molar-refractivity contribution in [3.05, 3.63) is 29.3 Å². The number of benzene rings is 1. The van der Waals surface area contributed by atoms with Crippen LogP contribution in [-0.4, -0.2) is 77.3 Å². The fraction of sp³-hybridized carbons (Fsp3) is 0.591. The number of carbonyl (C=O) groups excluding carboxylic acids is 2. The summed E-state index contributed by atoms with van der Waals surface area (Å²) < 4.78 is 1.23. The molecule has 0 unspecified atom stereocenters. The summed E-state index contributed by atoms with van der Waals surface area (Å²) in [6, 6.07) is 8.27. The first-order chi connectivity index (χ1) is 14.2. The van der Waals surface area contributed by atoms with Gasteiger partial charge >= 0.3 is 0 Å². The summed E-state index contributed by atoms with van der Waals surface area (Å²) in [4.78, 5) is 36.2. The van der Waals surface area contributed by atoms with Gasteiger partial charge in [-0.2, -0.15) is 0 Å². The molecular weight excluding hydrogens is 384 g/mol. The maximum Gasteiger partial charge on any atom is 0.236 e. The number of aromatic nitrogens is 1. The van der Waals surface area contributed by atoms with E-state index in [4.69, 9.17) is 4.98 Å². The molecule has 29 heavy (non-hydrogen) atoms. The molecule has 0 radical (unpaired) electrons. The topological polar surface area (TPSA) is 56.8 Å². The number of nitrogens with zero attached hydrogens (tertiary/aromatic N) is 4. The second-order valence-corrected chi connectivity index (χ2v) is 9.64. The van der Waals surface area contributed by atoms with Gasteiger partial charge in [0.2, 0.25) is 11.8 Å². The normalized spacial score (nSPS) is 23.5. The lowest BCUT2D eigenvalue weighted by molar-refractivity contribution is -0.136. The van der Waals surface area contributed by atoms with Gasteiger partial charge in [-0.3, -0.25) is 14.5 Å². The molecule has 2 saturated heterocycles. The lowest BCUT2D eigenvalue weighted by atomic mass is 9.98. The van der Waals surface area contributed by atoms with Crippen molar-refractivity contribution in [2.24, 2.45) is 5.92 Å².